The predicted octanol–water partition coefficient (Wildman–Crippen LogP) is 0.167. The van der Waals surface area contributed by atoms with Crippen molar-refractivity contribution in [3.05, 3.63) is 0 Å². The number of aldehydes is 2. The zero-order valence-corrected chi connectivity index (χ0v) is 8.64. The molecule has 0 saturated carbocycles. The van der Waals surface area contributed by atoms with Gasteiger partial charge in [0.05, 0.1) is 6.10 Å². The van der Waals surface area contributed by atoms with Crippen LogP contribution in [-0.4, -0.2) is 45.3 Å². The molecule has 0 saturated heterocycles. The third kappa shape index (κ3) is 3.95. The lowest BCUT2D eigenvalue weighted by molar-refractivity contribution is -0.181. The first-order valence-electron chi connectivity index (χ1n) is 4.35. The molecule has 0 amide bonds. The van der Waals surface area contributed by atoms with E-state index in [1.807, 2.05) is 6.92 Å². The van der Waals surface area contributed by atoms with E-state index in [-0.39, 0.29) is 0 Å². The lowest BCUT2D eigenvalue weighted by Crippen LogP contribution is -2.36. The van der Waals surface area contributed by atoms with Gasteiger partial charge in [-0.1, -0.05) is 6.92 Å². The van der Waals surface area contributed by atoms with Gasteiger partial charge in [0.1, 0.15) is 6.10 Å². The average molecular weight is 204 g/mol. The molecule has 14 heavy (non-hydrogen) atoms. The Labute approximate surface area is 83.3 Å². The van der Waals surface area contributed by atoms with Crippen LogP contribution in [0.3, 0.4) is 0 Å². The fourth-order valence-corrected chi connectivity index (χ4v) is 1.02. The molecule has 3 unspecified atom stereocenters. The van der Waals surface area contributed by atoms with Crippen LogP contribution < -0.4 is 0 Å². The van der Waals surface area contributed by atoms with Crippen LogP contribution in [0.5, 0.6) is 0 Å². The second-order valence-corrected chi connectivity index (χ2v) is 2.66. The Balaban J connectivity index is 4.24. The Morgan fingerprint density at radius 2 is 1.79 bits per heavy atom. The number of hydrogen-bond acceptors (Lipinski definition) is 5. The van der Waals surface area contributed by atoms with E-state index >= 15 is 0 Å². The molecule has 0 aliphatic heterocycles. The SMILES string of the molecule is CCC(OC(C=O)OC)C(C=O)OC. The number of carbonyl (C=O) groups is 2. The van der Waals surface area contributed by atoms with E-state index in [1.54, 1.807) is 0 Å². The Bertz CT molecular complexity index is 171. The highest BCUT2D eigenvalue weighted by Crippen LogP contribution is 2.08. The maximum Gasteiger partial charge on any atom is 0.214 e. The molecule has 0 heterocycles. The zero-order chi connectivity index (χ0) is 11.0. The molecule has 0 aliphatic carbocycles. The summed E-state index contributed by atoms with van der Waals surface area (Å²) in [5.74, 6) is 0. The third-order valence-electron chi connectivity index (χ3n) is 1.83. The normalized spacial score (nSPS) is 17.1. The number of rotatable bonds is 8. The van der Waals surface area contributed by atoms with Crippen LogP contribution in [0.15, 0.2) is 0 Å². The summed E-state index contributed by atoms with van der Waals surface area (Å²) < 4.78 is 14.8. The van der Waals surface area contributed by atoms with Gasteiger partial charge < -0.3 is 19.0 Å². The Morgan fingerprint density at radius 1 is 1.14 bits per heavy atom. The van der Waals surface area contributed by atoms with Gasteiger partial charge in [0.25, 0.3) is 0 Å². The zero-order valence-electron chi connectivity index (χ0n) is 8.64. The molecule has 0 rings (SSSR count). The lowest BCUT2D eigenvalue weighted by atomic mass is 10.2. The van der Waals surface area contributed by atoms with Crippen molar-refractivity contribution in [3.8, 4) is 0 Å². The van der Waals surface area contributed by atoms with Crippen molar-refractivity contribution in [3.63, 3.8) is 0 Å². The molecule has 5 heteroatoms. The van der Waals surface area contributed by atoms with Gasteiger partial charge in [0.15, 0.2) is 12.6 Å². The predicted molar refractivity (Wildman–Crippen MR) is 48.9 cm³/mol. The minimum atomic E-state index is -0.947. The minimum absolute atomic E-state index is 0.465. The summed E-state index contributed by atoms with van der Waals surface area (Å²) in [7, 11) is 2.77. The molecule has 0 fully saturated rings. The highest BCUT2D eigenvalue weighted by molar-refractivity contribution is 5.57. The van der Waals surface area contributed by atoms with Crippen LogP contribution in [-0.2, 0) is 23.8 Å². The molecule has 0 aliphatic rings. The first kappa shape index (κ1) is 13.2. The van der Waals surface area contributed by atoms with Crippen molar-refractivity contribution in [1.82, 2.24) is 0 Å². The Morgan fingerprint density at radius 3 is 2.07 bits per heavy atom. The summed E-state index contributed by atoms with van der Waals surface area (Å²) in [5.41, 5.74) is 0. The van der Waals surface area contributed by atoms with Crippen molar-refractivity contribution < 1.29 is 23.8 Å². The van der Waals surface area contributed by atoms with Crippen LogP contribution >= 0.6 is 0 Å². The quantitative estimate of drug-likeness (QED) is 0.416. The van der Waals surface area contributed by atoms with Crippen LogP contribution in [0.4, 0.5) is 0 Å². The van der Waals surface area contributed by atoms with Gasteiger partial charge in [-0.25, -0.2) is 0 Å². The monoisotopic (exact) mass is 204 g/mol. The van der Waals surface area contributed by atoms with Crippen molar-refractivity contribution in [2.24, 2.45) is 0 Å². The molecule has 3 atom stereocenters. The fourth-order valence-electron chi connectivity index (χ4n) is 1.02. The largest absolute Gasteiger partial charge is 0.371 e. The van der Waals surface area contributed by atoms with E-state index in [9.17, 15) is 9.59 Å². The lowest BCUT2D eigenvalue weighted by Gasteiger charge is -2.23. The van der Waals surface area contributed by atoms with E-state index in [0.717, 1.165) is 0 Å². The highest BCUT2D eigenvalue weighted by Gasteiger charge is 2.23. The summed E-state index contributed by atoms with van der Waals surface area (Å²) in [6, 6.07) is 0. The first-order chi connectivity index (χ1) is 6.73. The average Bonchev–Trinajstić information content (AvgIpc) is 2.24. The molecular weight excluding hydrogens is 188 g/mol. The third-order valence-corrected chi connectivity index (χ3v) is 1.83. The van der Waals surface area contributed by atoms with Gasteiger partial charge in [-0.15, -0.1) is 0 Å². The molecule has 0 aromatic carbocycles. The molecule has 0 aromatic heterocycles. The maximum absolute atomic E-state index is 10.6. The summed E-state index contributed by atoms with van der Waals surface area (Å²) in [4.78, 5) is 21.0. The number of methoxy groups -OCH3 is 2. The van der Waals surface area contributed by atoms with Crippen LogP contribution in [0.1, 0.15) is 13.3 Å². The van der Waals surface area contributed by atoms with Crippen molar-refractivity contribution in [1.29, 1.82) is 0 Å². The smallest absolute Gasteiger partial charge is 0.214 e. The van der Waals surface area contributed by atoms with E-state index in [4.69, 9.17) is 14.2 Å². The second-order valence-electron chi connectivity index (χ2n) is 2.66. The van der Waals surface area contributed by atoms with Crippen LogP contribution in [0.25, 0.3) is 0 Å². The van der Waals surface area contributed by atoms with Gasteiger partial charge in [-0.3, -0.25) is 4.79 Å². The second kappa shape index (κ2) is 7.61. The summed E-state index contributed by atoms with van der Waals surface area (Å²) in [6.07, 6.45) is -0.348. The molecule has 0 aromatic rings. The topological polar surface area (TPSA) is 61.8 Å². The number of hydrogen-bond donors (Lipinski definition) is 0. The molecule has 5 nitrogen and oxygen atoms in total. The number of carbonyl (C=O) groups excluding carboxylic acids is 2. The minimum Gasteiger partial charge on any atom is -0.371 e. The summed E-state index contributed by atoms with van der Waals surface area (Å²) in [6.45, 7) is 1.83. The number of ether oxygens (including phenoxy) is 3. The van der Waals surface area contributed by atoms with Crippen LogP contribution in [0, 0.1) is 0 Å². The van der Waals surface area contributed by atoms with Gasteiger partial charge in [0.2, 0.25) is 6.29 Å². The van der Waals surface area contributed by atoms with Gasteiger partial charge >= 0.3 is 0 Å². The van der Waals surface area contributed by atoms with Gasteiger partial charge in [-0.05, 0) is 6.42 Å². The van der Waals surface area contributed by atoms with E-state index in [0.29, 0.717) is 19.0 Å². The van der Waals surface area contributed by atoms with Gasteiger partial charge in [0, 0.05) is 14.2 Å². The Hall–Kier alpha value is -0.780. The van der Waals surface area contributed by atoms with Crippen molar-refractivity contribution >= 4 is 12.6 Å². The first-order valence-corrected chi connectivity index (χ1v) is 4.35. The van der Waals surface area contributed by atoms with E-state index in [2.05, 4.69) is 0 Å². The van der Waals surface area contributed by atoms with Crippen molar-refractivity contribution in [2.75, 3.05) is 14.2 Å². The summed E-state index contributed by atoms with van der Waals surface area (Å²) >= 11 is 0. The standard InChI is InChI=1S/C9H16O5/c1-4-7(8(5-10)12-2)14-9(6-11)13-3/h5-9H,4H2,1-3H3. The van der Waals surface area contributed by atoms with Crippen molar-refractivity contribution in [2.45, 2.75) is 31.8 Å². The molecule has 0 bridgehead atoms. The molecule has 82 valence electrons. The molecule has 0 radical (unpaired) electrons. The molecular formula is C9H16O5. The van der Waals surface area contributed by atoms with E-state index in [1.165, 1.54) is 14.2 Å². The Kier molecular flexibility index (Phi) is 7.18. The summed E-state index contributed by atoms with van der Waals surface area (Å²) in [5, 5.41) is 0. The molecule has 0 spiro atoms. The van der Waals surface area contributed by atoms with Gasteiger partial charge in [-0.2, -0.15) is 0 Å². The van der Waals surface area contributed by atoms with E-state index < -0.39 is 18.5 Å². The van der Waals surface area contributed by atoms with Crippen LogP contribution in [0.2, 0.25) is 0 Å². The highest BCUT2D eigenvalue weighted by atomic mass is 16.7. The maximum atomic E-state index is 10.6. The fraction of sp³-hybridized carbons (Fsp3) is 0.778. The molecule has 0 N–H and O–H groups in total.